The van der Waals surface area contributed by atoms with Crippen molar-refractivity contribution >= 4 is 12.2 Å². The van der Waals surface area contributed by atoms with E-state index in [1.165, 1.54) is 0 Å². The predicted octanol–water partition coefficient (Wildman–Crippen LogP) is 3.60. The number of rotatable bonds is 4. The molecule has 0 aromatic heterocycles. The zero-order valence-electron chi connectivity index (χ0n) is 13.9. The SMILES string of the molecule is CCOC(=O)NC1CC1c1ccc(OC(=O)OC(C)(C)C)cc1. The molecule has 1 saturated carbocycles. The highest BCUT2D eigenvalue weighted by Crippen LogP contribution is 2.41. The van der Waals surface area contributed by atoms with Gasteiger partial charge in [0.25, 0.3) is 0 Å². The fourth-order valence-electron chi connectivity index (χ4n) is 2.20. The maximum absolute atomic E-state index is 11.6. The summed E-state index contributed by atoms with van der Waals surface area (Å²) in [6, 6.07) is 7.32. The summed E-state index contributed by atoms with van der Waals surface area (Å²) in [5.74, 6) is 0.702. The summed E-state index contributed by atoms with van der Waals surface area (Å²) in [6.45, 7) is 7.47. The first-order valence-corrected chi connectivity index (χ1v) is 7.72. The number of hydrogen-bond donors (Lipinski definition) is 1. The minimum atomic E-state index is -0.724. The van der Waals surface area contributed by atoms with E-state index < -0.39 is 11.8 Å². The lowest BCUT2D eigenvalue weighted by Gasteiger charge is -2.18. The second-order valence-corrected chi connectivity index (χ2v) is 6.45. The van der Waals surface area contributed by atoms with E-state index in [9.17, 15) is 9.59 Å². The number of hydrogen-bond acceptors (Lipinski definition) is 5. The number of nitrogens with one attached hydrogen (secondary N) is 1. The molecule has 0 aliphatic heterocycles. The number of carbonyl (C=O) groups excluding carboxylic acids is 2. The second kappa shape index (κ2) is 6.89. The van der Waals surface area contributed by atoms with Crippen LogP contribution in [0.4, 0.5) is 9.59 Å². The highest BCUT2D eigenvalue weighted by Gasteiger charge is 2.39. The van der Waals surface area contributed by atoms with Crippen molar-refractivity contribution in [2.75, 3.05) is 6.61 Å². The van der Waals surface area contributed by atoms with Crippen LogP contribution in [0.2, 0.25) is 0 Å². The summed E-state index contributed by atoms with van der Waals surface area (Å²) in [6.07, 6.45) is -0.228. The van der Waals surface area contributed by atoms with Crippen molar-refractivity contribution in [2.45, 2.75) is 51.7 Å². The maximum atomic E-state index is 11.6. The molecule has 0 saturated heterocycles. The third-order valence-electron chi connectivity index (χ3n) is 3.27. The van der Waals surface area contributed by atoms with E-state index in [0.29, 0.717) is 12.4 Å². The van der Waals surface area contributed by atoms with E-state index in [4.69, 9.17) is 14.2 Å². The fourth-order valence-corrected chi connectivity index (χ4v) is 2.20. The van der Waals surface area contributed by atoms with E-state index in [0.717, 1.165) is 12.0 Å². The van der Waals surface area contributed by atoms with Gasteiger partial charge >= 0.3 is 12.2 Å². The monoisotopic (exact) mass is 321 g/mol. The van der Waals surface area contributed by atoms with Crippen molar-refractivity contribution in [3.63, 3.8) is 0 Å². The van der Waals surface area contributed by atoms with Crippen molar-refractivity contribution in [3.8, 4) is 5.75 Å². The predicted molar refractivity (Wildman–Crippen MR) is 84.6 cm³/mol. The number of benzene rings is 1. The Kier molecular flexibility index (Phi) is 5.13. The van der Waals surface area contributed by atoms with Gasteiger partial charge in [0.1, 0.15) is 11.4 Å². The lowest BCUT2D eigenvalue weighted by atomic mass is 10.1. The van der Waals surface area contributed by atoms with Crippen molar-refractivity contribution in [1.29, 1.82) is 0 Å². The molecule has 2 unspecified atom stereocenters. The summed E-state index contributed by atoms with van der Waals surface area (Å²) < 4.78 is 15.1. The van der Waals surface area contributed by atoms with Crippen LogP contribution >= 0.6 is 0 Å². The Morgan fingerprint density at radius 2 is 1.87 bits per heavy atom. The van der Waals surface area contributed by atoms with Crippen molar-refractivity contribution < 1.29 is 23.8 Å². The number of carbonyl (C=O) groups is 2. The van der Waals surface area contributed by atoms with Crippen LogP contribution in [-0.2, 0) is 9.47 Å². The zero-order chi connectivity index (χ0) is 17.0. The lowest BCUT2D eigenvalue weighted by Crippen LogP contribution is -2.27. The van der Waals surface area contributed by atoms with Gasteiger partial charge < -0.3 is 19.5 Å². The molecule has 1 fully saturated rings. The number of amides is 1. The molecule has 6 heteroatoms. The van der Waals surface area contributed by atoms with Crippen LogP contribution in [0.1, 0.15) is 45.6 Å². The highest BCUT2D eigenvalue weighted by atomic mass is 16.7. The zero-order valence-corrected chi connectivity index (χ0v) is 13.9. The van der Waals surface area contributed by atoms with Gasteiger partial charge in [-0.1, -0.05) is 12.1 Å². The molecule has 0 radical (unpaired) electrons. The van der Waals surface area contributed by atoms with E-state index in [1.807, 2.05) is 12.1 Å². The molecule has 1 aliphatic rings. The van der Waals surface area contributed by atoms with Gasteiger partial charge in [0, 0.05) is 12.0 Å². The average molecular weight is 321 g/mol. The minimum Gasteiger partial charge on any atom is -0.450 e. The molecule has 1 aromatic carbocycles. The standard InChI is InChI=1S/C17H23NO5/c1-5-21-15(19)18-14-10-13(14)11-6-8-12(9-7-11)22-16(20)23-17(2,3)4/h6-9,13-14H,5,10H2,1-4H3,(H,18,19). The first-order chi connectivity index (χ1) is 10.8. The van der Waals surface area contributed by atoms with Crippen LogP contribution in [0.25, 0.3) is 0 Å². The van der Waals surface area contributed by atoms with E-state index in [1.54, 1.807) is 39.8 Å². The molecule has 1 amide bonds. The molecule has 23 heavy (non-hydrogen) atoms. The molecule has 2 atom stereocenters. The van der Waals surface area contributed by atoms with Crippen LogP contribution in [0.15, 0.2) is 24.3 Å². The van der Waals surface area contributed by atoms with Crippen molar-refractivity contribution in [2.24, 2.45) is 0 Å². The Hall–Kier alpha value is -2.24. The molecule has 2 rings (SSSR count). The van der Waals surface area contributed by atoms with E-state index in [-0.39, 0.29) is 18.1 Å². The van der Waals surface area contributed by atoms with Crippen molar-refractivity contribution in [3.05, 3.63) is 29.8 Å². The average Bonchev–Trinajstić information content (AvgIpc) is 3.16. The van der Waals surface area contributed by atoms with Gasteiger partial charge in [-0.05, 0) is 51.8 Å². The lowest BCUT2D eigenvalue weighted by molar-refractivity contribution is 0.0206. The van der Waals surface area contributed by atoms with Gasteiger partial charge in [0.2, 0.25) is 0 Å². The quantitative estimate of drug-likeness (QED) is 0.677. The smallest absolute Gasteiger partial charge is 0.450 e. The molecule has 1 N–H and O–H groups in total. The van der Waals surface area contributed by atoms with Gasteiger partial charge in [-0.15, -0.1) is 0 Å². The van der Waals surface area contributed by atoms with Crippen LogP contribution in [0.3, 0.4) is 0 Å². The molecule has 126 valence electrons. The third-order valence-corrected chi connectivity index (χ3v) is 3.27. The normalized spacial score (nSPS) is 19.7. The van der Waals surface area contributed by atoms with E-state index >= 15 is 0 Å². The van der Waals surface area contributed by atoms with Gasteiger partial charge in [-0.25, -0.2) is 9.59 Å². The Labute approximate surface area is 136 Å². The minimum absolute atomic E-state index is 0.103. The van der Waals surface area contributed by atoms with Gasteiger partial charge in [-0.3, -0.25) is 0 Å². The number of alkyl carbamates (subject to hydrolysis) is 1. The highest BCUT2D eigenvalue weighted by molar-refractivity contribution is 5.68. The van der Waals surface area contributed by atoms with Crippen LogP contribution < -0.4 is 10.1 Å². The van der Waals surface area contributed by atoms with Crippen LogP contribution in [0.5, 0.6) is 5.75 Å². The molecule has 0 heterocycles. The maximum Gasteiger partial charge on any atom is 0.514 e. The largest absolute Gasteiger partial charge is 0.514 e. The Morgan fingerprint density at radius 3 is 2.43 bits per heavy atom. The van der Waals surface area contributed by atoms with Crippen molar-refractivity contribution in [1.82, 2.24) is 5.32 Å². The van der Waals surface area contributed by atoms with Crippen LogP contribution in [0, 0.1) is 0 Å². The summed E-state index contributed by atoms with van der Waals surface area (Å²) in [5.41, 5.74) is 0.500. The van der Waals surface area contributed by atoms with Gasteiger partial charge in [0.15, 0.2) is 0 Å². The molecular formula is C17H23NO5. The topological polar surface area (TPSA) is 73.9 Å². The Morgan fingerprint density at radius 1 is 1.22 bits per heavy atom. The summed E-state index contributed by atoms with van der Waals surface area (Å²) in [7, 11) is 0. The first-order valence-electron chi connectivity index (χ1n) is 7.72. The van der Waals surface area contributed by atoms with Gasteiger partial charge in [0.05, 0.1) is 6.61 Å². The molecule has 1 aliphatic carbocycles. The number of ether oxygens (including phenoxy) is 3. The first kappa shape index (κ1) is 17.1. The third kappa shape index (κ3) is 5.47. The molecule has 6 nitrogen and oxygen atoms in total. The summed E-state index contributed by atoms with van der Waals surface area (Å²) in [5, 5.41) is 2.81. The summed E-state index contributed by atoms with van der Waals surface area (Å²) >= 11 is 0. The van der Waals surface area contributed by atoms with Crippen LogP contribution in [-0.4, -0.2) is 30.5 Å². The van der Waals surface area contributed by atoms with Gasteiger partial charge in [-0.2, -0.15) is 0 Å². The summed E-state index contributed by atoms with van der Waals surface area (Å²) in [4.78, 5) is 22.9. The molecular weight excluding hydrogens is 298 g/mol. The Balaban J connectivity index is 1.84. The Bertz CT molecular complexity index is 561. The van der Waals surface area contributed by atoms with E-state index in [2.05, 4.69) is 5.32 Å². The second-order valence-electron chi connectivity index (χ2n) is 6.45. The molecule has 1 aromatic rings. The molecule has 0 bridgehead atoms. The molecule has 0 spiro atoms. The fraction of sp³-hybridized carbons (Fsp3) is 0.529.